The Morgan fingerprint density at radius 2 is 1.58 bits per heavy atom. The zero-order valence-electron chi connectivity index (χ0n) is 8.52. The number of allylic oxidation sites excluding steroid dienone is 2. The Hall–Kier alpha value is -0.260. The van der Waals surface area contributed by atoms with E-state index in [4.69, 9.17) is 0 Å². The van der Waals surface area contributed by atoms with Gasteiger partial charge < -0.3 is 0 Å². The topological polar surface area (TPSA) is 0 Å². The third-order valence-electron chi connectivity index (χ3n) is 2.01. The Kier molecular flexibility index (Phi) is 10.5. The molecule has 0 aliphatic carbocycles. The van der Waals surface area contributed by atoms with Crippen molar-refractivity contribution >= 4 is 0 Å². The van der Waals surface area contributed by atoms with E-state index in [0.717, 1.165) is 6.42 Å². The molecule has 0 unspecified atom stereocenters. The van der Waals surface area contributed by atoms with Gasteiger partial charge in [0.25, 0.3) is 0 Å². The molecule has 0 saturated heterocycles. The van der Waals surface area contributed by atoms with Crippen LogP contribution in [0.1, 0.15) is 58.3 Å². The van der Waals surface area contributed by atoms with Crippen molar-refractivity contribution in [2.24, 2.45) is 0 Å². The number of unbranched alkanes of at least 4 members (excludes halogenated alkanes) is 6. The van der Waals surface area contributed by atoms with E-state index in [1.54, 1.807) is 0 Å². The average Bonchev–Trinajstić information content (AvgIpc) is 2.10. The van der Waals surface area contributed by atoms with Crippen molar-refractivity contribution in [2.75, 3.05) is 0 Å². The molecule has 0 heterocycles. The van der Waals surface area contributed by atoms with Gasteiger partial charge in [-0.05, 0) is 25.7 Å². The van der Waals surface area contributed by atoms with Crippen LogP contribution in [0, 0.1) is 6.92 Å². The van der Waals surface area contributed by atoms with E-state index in [9.17, 15) is 0 Å². The zero-order valence-corrected chi connectivity index (χ0v) is 8.52. The van der Waals surface area contributed by atoms with Crippen LogP contribution in [-0.4, -0.2) is 0 Å². The second-order valence-electron chi connectivity index (χ2n) is 3.32. The lowest BCUT2D eigenvalue weighted by molar-refractivity contribution is 0.673. The van der Waals surface area contributed by atoms with E-state index in [-0.39, 0.29) is 0 Å². The minimum Gasteiger partial charge on any atom is -0.0885 e. The number of rotatable bonds is 8. The zero-order chi connectivity index (χ0) is 9.07. The largest absolute Gasteiger partial charge is 0.0885 e. The van der Waals surface area contributed by atoms with Crippen LogP contribution in [0.25, 0.3) is 0 Å². The molecule has 0 rings (SSSR count). The van der Waals surface area contributed by atoms with Crippen LogP contribution in [0.5, 0.6) is 0 Å². The van der Waals surface area contributed by atoms with Crippen molar-refractivity contribution in [3.8, 4) is 0 Å². The van der Waals surface area contributed by atoms with E-state index in [1.807, 2.05) is 0 Å². The molecule has 0 aliphatic heterocycles. The number of hydrogen-bond acceptors (Lipinski definition) is 0. The lowest BCUT2D eigenvalue weighted by Crippen LogP contribution is -1.74. The summed E-state index contributed by atoms with van der Waals surface area (Å²) in [7, 11) is 0. The van der Waals surface area contributed by atoms with Crippen LogP contribution in [-0.2, 0) is 0 Å². The fourth-order valence-corrected chi connectivity index (χ4v) is 1.19. The van der Waals surface area contributed by atoms with Crippen LogP contribution >= 0.6 is 0 Å². The van der Waals surface area contributed by atoms with Gasteiger partial charge in [0.2, 0.25) is 0 Å². The first-order chi connectivity index (χ1) is 5.91. The van der Waals surface area contributed by atoms with E-state index in [1.165, 1.54) is 44.9 Å². The quantitative estimate of drug-likeness (QED) is 0.368. The maximum absolute atomic E-state index is 3.81. The normalized spacial score (nSPS) is 11.2. The summed E-state index contributed by atoms with van der Waals surface area (Å²) in [6.07, 6.45) is 14.9. The minimum atomic E-state index is 1.07. The highest BCUT2D eigenvalue weighted by Crippen LogP contribution is 2.03. The average molecular weight is 167 g/mol. The highest BCUT2D eigenvalue weighted by Gasteiger charge is 1.84. The molecule has 0 amide bonds. The van der Waals surface area contributed by atoms with Gasteiger partial charge in [-0.3, -0.25) is 0 Å². The fourth-order valence-electron chi connectivity index (χ4n) is 1.19. The van der Waals surface area contributed by atoms with Gasteiger partial charge in [-0.25, -0.2) is 0 Å². The van der Waals surface area contributed by atoms with Crippen molar-refractivity contribution < 1.29 is 0 Å². The summed E-state index contributed by atoms with van der Waals surface area (Å²) in [4.78, 5) is 0. The number of hydrogen-bond donors (Lipinski definition) is 0. The van der Waals surface area contributed by atoms with Gasteiger partial charge in [-0.2, -0.15) is 0 Å². The molecule has 0 atom stereocenters. The molecule has 0 N–H and O–H groups in total. The first-order valence-corrected chi connectivity index (χ1v) is 5.36. The highest BCUT2D eigenvalue weighted by molar-refractivity contribution is 4.81. The second-order valence-corrected chi connectivity index (χ2v) is 3.32. The molecule has 0 aromatic rings. The third-order valence-corrected chi connectivity index (χ3v) is 2.01. The summed E-state index contributed by atoms with van der Waals surface area (Å²) in [5.74, 6) is 0. The van der Waals surface area contributed by atoms with E-state index >= 15 is 0 Å². The van der Waals surface area contributed by atoms with E-state index in [0.29, 0.717) is 0 Å². The third kappa shape index (κ3) is 9.74. The molecule has 0 aromatic heterocycles. The fraction of sp³-hybridized carbons (Fsp3) is 0.750. The molecular formula is C12H23. The van der Waals surface area contributed by atoms with Gasteiger partial charge in [0.15, 0.2) is 0 Å². The summed E-state index contributed by atoms with van der Waals surface area (Å²) < 4.78 is 0. The van der Waals surface area contributed by atoms with Crippen LogP contribution in [0.3, 0.4) is 0 Å². The molecular weight excluding hydrogens is 144 g/mol. The molecule has 1 radical (unpaired) electrons. The van der Waals surface area contributed by atoms with E-state index in [2.05, 4.69) is 26.0 Å². The van der Waals surface area contributed by atoms with Crippen molar-refractivity contribution in [3.63, 3.8) is 0 Å². The van der Waals surface area contributed by atoms with E-state index < -0.39 is 0 Å². The molecule has 71 valence electrons. The monoisotopic (exact) mass is 167 g/mol. The lowest BCUT2D eigenvalue weighted by atomic mass is 10.1. The molecule has 0 aliphatic rings. The Morgan fingerprint density at radius 1 is 0.917 bits per heavy atom. The Bertz CT molecular complexity index is 92.2. The first-order valence-electron chi connectivity index (χ1n) is 5.36. The molecule has 0 saturated carbocycles. The Balaban J connectivity index is 2.92. The molecule has 0 nitrogen and oxygen atoms in total. The van der Waals surface area contributed by atoms with Gasteiger partial charge in [0.05, 0.1) is 0 Å². The Morgan fingerprint density at radius 3 is 2.17 bits per heavy atom. The van der Waals surface area contributed by atoms with Gasteiger partial charge >= 0.3 is 0 Å². The predicted octanol–water partition coefficient (Wildman–Crippen LogP) is 4.52. The maximum Gasteiger partial charge on any atom is -0.0351 e. The van der Waals surface area contributed by atoms with Crippen molar-refractivity contribution in [3.05, 3.63) is 19.1 Å². The lowest BCUT2D eigenvalue weighted by Gasteiger charge is -1.94. The SMILES string of the molecule is [CH2]CCC/C=C\CCCCCC. The van der Waals surface area contributed by atoms with Crippen LogP contribution in [0.2, 0.25) is 0 Å². The van der Waals surface area contributed by atoms with Crippen LogP contribution < -0.4 is 0 Å². The maximum atomic E-state index is 3.81. The van der Waals surface area contributed by atoms with Crippen LogP contribution in [0.15, 0.2) is 12.2 Å². The minimum absolute atomic E-state index is 1.07. The first kappa shape index (κ1) is 11.7. The molecule has 0 bridgehead atoms. The van der Waals surface area contributed by atoms with Crippen molar-refractivity contribution in [1.29, 1.82) is 0 Å². The molecule has 0 spiro atoms. The van der Waals surface area contributed by atoms with Gasteiger partial charge in [-0.1, -0.05) is 51.7 Å². The standard InChI is InChI=1S/C12H23/c1-3-5-7-9-11-12-10-8-6-4-2/h9,11H,1,3-8,10,12H2,2H3/b11-9-. The second kappa shape index (κ2) is 10.7. The van der Waals surface area contributed by atoms with Crippen molar-refractivity contribution in [2.45, 2.75) is 58.3 Å². The summed E-state index contributed by atoms with van der Waals surface area (Å²) in [5.41, 5.74) is 0. The van der Waals surface area contributed by atoms with Gasteiger partial charge in [0.1, 0.15) is 0 Å². The molecule has 0 fully saturated rings. The molecule has 0 aromatic carbocycles. The molecule has 12 heavy (non-hydrogen) atoms. The van der Waals surface area contributed by atoms with Gasteiger partial charge in [0, 0.05) is 0 Å². The van der Waals surface area contributed by atoms with Crippen LogP contribution in [0.4, 0.5) is 0 Å². The van der Waals surface area contributed by atoms with Gasteiger partial charge in [-0.15, -0.1) is 0 Å². The van der Waals surface area contributed by atoms with Crippen molar-refractivity contribution in [1.82, 2.24) is 0 Å². The molecule has 0 heteroatoms. The summed E-state index contributed by atoms with van der Waals surface area (Å²) in [6, 6.07) is 0. The predicted molar refractivity (Wildman–Crippen MR) is 57.1 cm³/mol. The Labute approximate surface area is 78.1 Å². The highest BCUT2D eigenvalue weighted by atomic mass is 13.9. The summed E-state index contributed by atoms with van der Waals surface area (Å²) >= 11 is 0. The smallest absolute Gasteiger partial charge is 0.0351 e. The summed E-state index contributed by atoms with van der Waals surface area (Å²) in [5, 5.41) is 0. The summed E-state index contributed by atoms with van der Waals surface area (Å²) in [6.45, 7) is 6.06.